The van der Waals surface area contributed by atoms with E-state index in [1.165, 1.54) is 48.8 Å². The SMILES string of the molecule is CCOc1cc(C)c(C2(CN)CCCCC2)cc1C. The van der Waals surface area contributed by atoms with Gasteiger partial charge in [-0.1, -0.05) is 25.3 Å². The maximum Gasteiger partial charge on any atom is 0.122 e. The van der Waals surface area contributed by atoms with Gasteiger partial charge in [0.15, 0.2) is 0 Å². The minimum absolute atomic E-state index is 0.206. The van der Waals surface area contributed by atoms with Crippen LogP contribution in [0.1, 0.15) is 55.7 Å². The van der Waals surface area contributed by atoms with Crippen molar-refractivity contribution in [1.82, 2.24) is 0 Å². The number of hydrogen-bond acceptors (Lipinski definition) is 2. The average molecular weight is 261 g/mol. The standard InChI is InChI=1S/C17H27NO/c1-4-19-16-11-13(2)15(10-14(16)3)17(12-18)8-6-5-7-9-17/h10-11H,4-9,12,18H2,1-3H3. The fourth-order valence-electron chi connectivity index (χ4n) is 3.48. The molecule has 0 bridgehead atoms. The van der Waals surface area contributed by atoms with Gasteiger partial charge < -0.3 is 10.5 Å². The van der Waals surface area contributed by atoms with Gasteiger partial charge >= 0.3 is 0 Å². The molecule has 2 nitrogen and oxygen atoms in total. The largest absolute Gasteiger partial charge is 0.494 e. The third-order valence-electron chi connectivity index (χ3n) is 4.59. The molecule has 0 spiro atoms. The Balaban J connectivity index is 2.40. The van der Waals surface area contributed by atoms with Crippen LogP contribution in [0.4, 0.5) is 0 Å². The molecule has 0 unspecified atom stereocenters. The third-order valence-corrected chi connectivity index (χ3v) is 4.59. The molecule has 2 N–H and O–H groups in total. The van der Waals surface area contributed by atoms with E-state index in [9.17, 15) is 0 Å². The Kier molecular flexibility index (Phi) is 4.51. The van der Waals surface area contributed by atoms with Crippen LogP contribution < -0.4 is 10.5 Å². The molecule has 1 aromatic rings. The Morgan fingerprint density at radius 1 is 1.11 bits per heavy atom. The van der Waals surface area contributed by atoms with Crippen molar-refractivity contribution in [2.45, 2.75) is 58.3 Å². The van der Waals surface area contributed by atoms with Crippen molar-refractivity contribution >= 4 is 0 Å². The van der Waals surface area contributed by atoms with Crippen LogP contribution in [0.15, 0.2) is 12.1 Å². The van der Waals surface area contributed by atoms with E-state index in [-0.39, 0.29) is 5.41 Å². The molecule has 0 radical (unpaired) electrons. The summed E-state index contributed by atoms with van der Waals surface area (Å²) >= 11 is 0. The summed E-state index contributed by atoms with van der Waals surface area (Å²) in [6.07, 6.45) is 6.44. The minimum Gasteiger partial charge on any atom is -0.494 e. The summed E-state index contributed by atoms with van der Waals surface area (Å²) in [7, 11) is 0. The van der Waals surface area contributed by atoms with Gasteiger partial charge in [0.25, 0.3) is 0 Å². The Morgan fingerprint density at radius 2 is 1.79 bits per heavy atom. The van der Waals surface area contributed by atoms with Gasteiger partial charge in [0.05, 0.1) is 6.61 Å². The maximum absolute atomic E-state index is 6.15. The van der Waals surface area contributed by atoms with E-state index in [2.05, 4.69) is 26.0 Å². The first-order valence-corrected chi connectivity index (χ1v) is 7.57. The predicted molar refractivity (Wildman–Crippen MR) is 80.9 cm³/mol. The highest BCUT2D eigenvalue weighted by molar-refractivity contribution is 5.45. The van der Waals surface area contributed by atoms with E-state index in [1.54, 1.807) is 0 Å². The van der Waals surface area contributed by atoms with Gasteiger partial charge in [-0.15, -0.1) is 0 Å². The molecule has 19 heavy (non-hydrogen) atoms. The Morgan fingerprint density at radius 3 is 2.37 bits per heavy atom. The fraction of sp³-hybridized carbons (Fsp3) is 0.647. The van der Waals surface area contributed by atoms with Gasteiger partial charge in [0.1, 0.15) is 5.75 Å². The molecule has 0 amide bonds. The van der Waals surface area contributed by atoms with E-state index < -0.39 is 0 Å². The van der Waals surface area contributed by atoms with Crippen LogP contribution in [0.25, 0.3) is 0 Å². The van der Waals surface area contributed by atoms with Crippen LogP contribution in [0.2, 0.25) is 0 Å². The molecule has 2 rings (SSSR count). The van der Waals surface area contributed by atoms with Gasteiger partial charge in [0, 0.05) is 12.0 Å². The monoisotopic (exact) mass is 261 g/mol. The lowest BCUT2D eigenvalue weighted by molar-refractivity contribution is 0.298. The zero-order valence-electron chi connectivity index (χ0n) is 12.6. The van der Waals surface area contributed by atoms with Crippen LogP contribution in [0, 0.1) is 13.8 Å². The highest BCUT2D eigenvalue weighted by Crippen LogP contribution is 2.41. The summed E-state index contributed by atoms with van der Waals surface area (Å²) in [5.74, 6) is 1.02. The van der Waals surface area contributed by atoms with Crippen LogP contribution >= 0.6 is 0 Å². The summed E-state index contributed by atoms with van der Waals surface area (Å²) in [6.45, 7) is 7.86. The molecule has 0 aromatic heterocycles. The molecular weight excluding hydrogens is 234 g/mol. The maximum atomic E-state index is 6.15. The number of benzene rings is 1. The highest BCUT2D eigenvalue weighted by atomic mass is 16.5. The topological polar surface area (TPSA) is 35.2 Å². The molecule has 1 fully saturated rings. The molecule has 0 heterocycles. The molecule has 0 atom stereocenters. The van der Waals surface area contributed by atoms with E-state index in [0.29, 0.717) is 0 Å². The molecule has 0 saturated heterocycles. The van der Waals surface area contributed by atoms with Crippen LogP contribution in [0.3, 0.4) is 0 Å². The lowest BCUT2D eigenvalue weighted by Gasteiger charge is -2.38. The zero-order valence-corrected chi connectivity index (χ0v) is 12.6. The third kappa shape index (κ3) is 2.79. The number of aryl methyl sites for hydroxylation is 2. The molecule has 1 saturated carbocycles. The van der Waals surface area contributed by atoms with Crippen molar-refractivity contribution < 1.29 is 4.74 Å². The number of hydrogen-bond donors (Lipinski definition) is 1. The average Bonchev–Trinajstić information content (AvgIpc) is 2.43. The van der Waals surface area contributed by atoms with Crippen molar-refractivity contribution in [1.29, 1.82) is 0 Å². The first-order valence-electron chi connectivity index (χ1n) is 7.57. The van der Waals surface area contributed by atoms with E-state index in [1.807, 2.05) is 6.92 Å². The summed E-state index contributed by atoms with van der Waals surface area (Å²) in [5.41, 5.74) is 10.4. The van der Waals surface area contributed by atoms with Crippen molar-refractivity contribution in [3.63, 3.8) is 0 Å². The summed E-state index contributed by atoms with van der Waals surface area (Å²) in [5, 5.41) is 0. The first kappa shape index (κ1) is 14.4. The zero-order chi connectivity index (χ0) is 13.9. The molecule has 2 heteroatoms. The molecular formula is C17H27NO. The van der Waals surface area contributed by atoms with Gasteiger partial charge in [-0.25, -0.2) is 0 Å². The van der Waals surface area contributed by atoms with Crippen molar-refractivity contribution in [3.05, 3.63) is 28.8 Å². The Hall–Kier alpha value is -1.02. The van der Waals surface area contributed by atoms with Crippen molar-refractivity contribution in [2.75, 3.05) is 13.2 Å². The second-order valence-corrected chi connectivity index (χ2v) is 5.91. The first-order chi connectivity index (χ1) is 9.13. The van der Waals surface area contributed by atoms with Crippen molar-refractivity contribution in [3.8, 4) is 5.75 Å². The number of nitrogens with two attached hydrogens (primary N) is 1. The Bertz CT molecular complexity index is 433. The number of ether oxygens (including phenoxy) is 1. The molecule has 1 aromatic carbocycles. The molecule has 106 valence electrons. The molecule has 1 aliphatic rings. The van der Waals surface area contributed by atoms with E-state index in [0.717, 1.165) is 18.9 Å². The lowest BCUT2D eigenvalue weighted by atomic mass is 9.68. The van der Waals surface area contributed by atoms with Crippen LogP contribution in [-0.4, -0.2) is 13.2 Å². The number of rotatable bonds is 4. The van der Waals surface area contributed by atoms with Crippen molar-refractivity contribution in [2.24, 2.45) is 5.73 Å². The smallest absolute Gasteiger partial charge is 0.122 e. The summed E-state index contributed by atoms with van der Waals surface area (Å²) in [6, 6.07) is 4.51. The van der Waals surface area contributed by atoms with Gasteiger partial charge in [-0.05, 0) is 56.4 Å². The second kappa shape index (κ2) is 5.96. The quantitative estimate of drug-likeness (QED) is 0.893. The molecule has 0 aliphatic heterocycles. The minimum atomic E-state index is 0.206. The summed E-state index contributed by atoms with van der Waals surface area (Å²) < 4.78 is 5.70. The second-order valence-electron chi connectivity index (χ2n) is 5.91. The Labute approximate surface area is 117 Å². The fourth-order valence-corrected chi connectivity index (χ4v) is 3.48. The summed E-state index contributed by atoms with van der Waals surface area (Å²) in [4.78, 5) is 0. The normalized spacial score (nSPS) is 18.3. The van der Waals surface area contributed by atoms with E-state index in [4.69, 9.17) is 10.5 Å². The van der Waals surface area contributed by atoms with E-state index >= 15 is 0 Å². The van der Waals surface area contributed by atoms with Gasteiger partial charge in [0.2, 0.25) is 0 Å². The van der Waals surface area contributed by atoms with Gasteiger partial charge in [-0.3, -0.25) is 0 Å². The van der Waals surface area contributed by atoms with Crippen LogP contribution in [0.5, 0.6) is 5.75 Å². The molecule has 1 aliphatic carbocycles. The lowest BCUT2D eigenvalue weighted by Crippen LogP contribution is -2.37. The predicted octanol–water partition coefficient (Wildman–Crippen LogP) is 3.86. The van der Waals surface area contributed by atoms with Crippen LogP contribution in [-0.2, 0) is 5.41 Å². The van der Waals surface area contributed by atoms with Gasteiger partial charge in [-0.2, -0.15) is 0 Å². The highest BCUT2D eigenvalue weighted by Gasteiger charge is 2.34.